The number of hydrogen-bond donors (Lipinski definition) is 1. The summed E-state index contributed by atoms with van der Waals surface area (Å²) in [4.78, 5) is 14.1. The molecule has 0 fully saturated rings. The van der Waals surface area contributed by atoms with Crippen molar-refractivity contribution in [2.45, 2.75) is 24.8 Å². The van der Waals surface area contributed by atoms with Gasteiger partial charge in [-0.15, -0.1) is 11.3 Å². The second-order valence-corrected chi connectivity index (χ2v) is 9.67. The van der Waals surface area contributed by atoms with E-state index in [0.29, 0.717) is 13.1 Å². The van der Waals surface area contributed by atoms with Gasteiger partial charge < -0.3 is 10.1 Å². The smallest absolute Gasteiger partial charge is 0.252 e. The first-order chi connectivity index (χ1) is 14.9. The second kappa shape index (κ2) is 10.1. The van der Waals surface area contributed by atoms with Gasteiger partial charge in [-0.25, -0.2) is 8.42 Å². The van der Waals surface area contributed by atoms with E-state index in [0.717, 1.165) is 10.4 Å². The van der Waals surface area contributed by atoms with Gasteiger partial charge in [-0.3, -0.25) is 4.79 Å². The molecule has 1 N–H and O–H groups in total. The summed E-state index contributed by atoms with van der Waals surface area (Å²) >= 11 is 1.55. The lowest BCUT2D eigenvalue weighted by Gasteiger charge is -2.21. The van der Waals surface area contributed by atoms with E-state index in [-0.39, 0.29) is 28.2 Å². The third-order valence-corrected chi connectivity index (χ3v) is 7.99. The Hall–Kier alpha value is -2.68. The number of sulfonamides is 1. The topological polar surface area (TPSA) is 75.7 Å². The Morgan fingerprint density at radius 3 is 2.35 bits per heavy atom. The van der Waals surface area contributed by atoms with Crippen molar-refractivity contribution in [3.63, 3.8) is 0 Å². The molecule has 3 rings (SSSR count). The number of thiophene rings is 1. The van der Waals surface area contributed by atoms with Crippen LogP contribution in [-0.4, -0.2) is 38.8 Å². The monoisotopic (exact) mass is 458 g/mol. The van der Waals surface area contributed by atoms with Gasteiger partial charge in [-0.1, -0.05) is 50.2 Å². The van der Waals surface area contributed by atoms with Crippen LogP contribution in [0.25, 0.3) is 0 Å². The van der Waals surface area contributed by atoms with Crippen molar-refractivity contribution < 1.29 is 17.9 Å². The van der Waals surface area contributed by atoms with E-state index in [1.165, 1.54) is 23.5 Å². The highest BCUT2D eigenvalue weighted by Crippen LogP contribution is 2.30. The minimum atomic E-state index is -3.79. The Balaban J connectivity index is 1.98. The molecule has 0 bridgehead atoms. The maximum atomic E-state index is 13.2. The SMILES string of the molecule is CCN(CC)S(=O)(=O)c1cc(C(=O)NC(c2ccccc2)c2cccs2)ccc1OC. The molecule has 0 spiro atoms. The Labute approximate surface area is 187 Å². The highest BCUT2D eigenvalue weighted by Gasteiger charge is 2.27. The van der Waals surface area contributed by atoms with Crippen molar-refractivity contribution in [1.82, 2.24) is 9.62 Å². The van der Waals surface area contributed by atoms with Gasteiger partial charge in [0.2, 0.25) is 10.0 Å². The molecule has 0 saturated heterocycles. The van der Waals surface area contributed by atoms with E-state index < -0.39 is 10.0 Å². The summed E-state index contributed by atoms with van der Waals surface area (Å²) in [5.41, 5.74) is 1.20. The molecule has 8 heteroatoms. The van der Waals surface area contributed by atoms with Crippen LogP contribution in [0.2, 0.25) is 0 Å². The van der Waals surface area contributed by atoms with E-state index in [2.05, 4.69) is 5.32 Å². The molecule has 6 nitrogen and oxygen atoms in total. The predicted octanol–water partition coefficient (Wildman–Crippen LogP) is 4.31. The van der Waals surface area contributed by atoms with Crippen LogP contribution in [0.5, 0.6) is 5.75 Å². The fourth-order valence-corrected chi connectivity index (χ4v) is 5.80. The van der Waals surface area contributed by atoms with Gasteiger partial charge in [0.15, 0.2) is 0 Å². The highest BCUT2D eigenvalue weighted by molar-refractivity contribution is 7.89. The third kappa shape index (κ3) is 4.98. The summed E-state index contributed by atoms with van der Waals surface area (Å²) in [5, 5.41) is 5.01. The van der Waals surface area contributed by atoms with E-state index in [4.69, 9.17) is 4.74 Å². The van der Waals surface area contributed by atoms with Gasteiger partial charge in [0.25, 0.3) is 5.91 Å². The lowest BCUT2D eigenvalue weighted by Crippen LogP contribution is -2.32. The Kier molecular flexibility index (Phi) is 7.48. The molecule has 2 aromatic carbocycles. The van der Waals surface area contributed by atoms with Crippen LogP contribution in [0.3, 0.4) is 0 Å². The van der Waals surface area contributed by atoms with Gasteiger partial charge in [-0.05, 0) is 35.2 Å². The quantitative estimate of drug-likeness (QED) is 0.519. The number of hydrogen-bond acceptors (Lipinski definition) is 5. The summed E-state index contributed by atoms with van der Waals surface area (Å²) in [7, 11) is -2.38. The average molecular weight is 459 g/mol. The largest absolute Gasteiger partial charge is 0.495 e. The first-order valence-electron chi connectivity index (χ1n) is 9.99. The predicted molar refractivity (Wildman–Crippen MR) is 123 cm³/mol. The van der Waals surface area contributed by atoms with Crippen molar-refractivity contribution in [3.8, 4) is 5.75 Å². The van der Waals surface area contributed by atoms with E-state index >= 15 is 0 Å². The summed E-state index contributed by atoms with van der Waals surface area (Å²) < 4.78 is 32.8. The molecule has 164 valence electrons. The van der Waals surface area contributed by atoms with Gasteiger partial charge in [0.1, 0.15) is 10.6 Å². The van der Waals surface area contributed by atoms with Crippen molar-refractivity contribution in [2.75, 3.05) is 20.2 Å². The van der Waals surface area contributed by atoms with E-state index in [1.807, 2.05) is 47.8 Å². The fraction of sp³-hybridized carbons (Fsp3) is 0.261. The number of rotatable bonds is 9. The molecule has 3 aromatic rings. The van der Waals surface area contributed by atoms with Crippen LogP contribution < -0.4 is 10.1 Å². The van der Waals surface area contributed by atoms with Gasteiger partial charge >= 0.3 is 0 Å². The van der Waals surface area contributed by atoms with Crippen LogP contribution in [0.1, 0.15) is 40.7 Å². The van der Waals surface area contributed by atoms with Crippen LogP contribution in [-0.2, 0) is 10.0 Å². The van der Waals surface area contributed by atoms with Crippen molar-refractivity contribution >= 4 is 27.3 Å². The number of ether oxygens (including phenoxy) is 1. The number of amides is 1. The van der Waals surface area contributed by atoms with Crippen molar-refractivity contribution in [3.05, 3.63) is 82.0 Å². The summed E-state index contributed by atoms with van der Waals surface area (Å²) in [6.07, 6.45) is 0. The molecule has 1 unspecified atom stereocenters. The molecule has 0 saturated carbocycles. The van der Waals surface area contributed by atoms with Crippen LogP contribution >= 0.6 is 11.3 Å². The molecule has 1 atom stereocenters. The van der Waals surface area contributed by atoms with E-state index in [1.54, 1.807) is 31.3 Å². The first kappa shape index (κ1) is 23.0. The van der Waals surface area contributed by atoms with Crippen molar-refractivity contribution in [1.29, 1.82) is 0 Å². The summed E-state index contributed by atoms with van der Waals surface area (Å²) in [5.74, 6) is -0.151. The van der Waals surface area contributed by atoms with E-state index in [9.17, 15) is 13.2 Å². The summed E-state index contributed by atoms with van der Waals surface area (Å²) in [6.45, 7) is 4.20. The van der Waals surface area contributed by atoms with Gasteiger partial charge in [0.05, 0.1) is 13.2 Å². The molecule has 1 amide bonds. The maximum Gasteiger partial charge on any atom is 0.252 e. The van der Waals surface area contributed by atoms with Gasteiger partial charge in [0, 0.05) is 23.5 Å². The number of nitrogens with one attached hydrogen (secondary N) is 1. The zero-order chi connectivity index (χ0) is 22.4. The molecule has 0 aliphatic rings. The lowest BCUT2D eigenvalue weighted by atomic mass is 10.0. The van der Waals surface area contributed by atoms with Gasteiger partial charge in [-0.2, -0.15) is 4.31 Å². The van der Waals surface area contributed by atoms with Crippen molar-refractivity contribution in [2.24, 2.45) is 0 Å². The molecule has 1 heterocycles. The highest BCUT2D eigenvalue weighted by atomic mass is 32.2. The molecule has 1 aromatic heterocycles. The van der Waals surface area contributed by atoms with Crippen LogP contribution in [0, 0.1) is 0 Å². The second-order valence-electron chi connectivity index (χ2n) is 6.79. The number of methoxy groups -OCH3 is 1. The summed E-state index contributed by atoms with van der Waals surface area (Å²) in [6, 6.07) is 17.7. The molecule has 31 heavy (non-hydrogen) atoms. The average Bonchev–Trinajstić information content (AvgIpc) is 3.32. The Morgan fingerprint density at radius 1 is 1.06 bits per heavy atom. The molecule has 0 radical (unpaired) electrons. The molecular weight excluding hydrogens is 432 g/mol. The minimum absolute atomic E-state index is 0.0151. The minimum Gasteiger partial charge on any atom is -0.495 e. The first-order valence-corrected chi connectivity index (χ1v) is 12.3. The molecule has 0 aliphatic heterocycles. The number of carbonyl (C=O) groups is 1. The Morgan fingerprint density at radius 2 is 1.77 bits per heavy atom. The standard InChI is InChI=1S/C23H26N2O4S2/c1-4-25(5-2)31(27,28)21-16-18(13-14-19(21)29-3)23(26)24-22(20-12-9-15-30-20)17-10-7-6-8-11-17/h6-16,22H,4-5H2,1-3H3,(H,24,26). The van der Waals surface area contributed by atoms with Crippen LogP contribution in [0.4, 0.5) is 0 Å². The number of nitrogens with zero attached hydrogens (tertiary/aromatic N) is 1. The fourth-order valence-electron chi connectivity index (χ4n) is 3.36. The molecule has 0 aliphatic carbocycles. The number of benzene rings is 2. The van der Waals surface area contributed by atoms with Crippen LogP contribution in [0.15, 0.2) is 70.9 Å². The normalized spacial score (nSPS) is 12.5. The zero-order valence-electron chi connectivity index (χ0n) is 17.7. The Bertz CT molecular complexity index is 1110. The lowest BCUT2D eigenvalue weighted by molar-refractivity contribution is 0.0943. The number of carbonyl (C=O) groups excluding carboxylic acids is 1. The zero-order valence-corrected chi connectivity index (χ0v) is 19.4. The maximum absolute atomic E-state index is 13.2. The molecular formula is C23H26N2O4S2. The third-order valence-electron chi connectivity index (χ3n) is 4.99.